The minimum Gasteiger partial charge on any atom is -0.504 e. The van der Waals surface area contributed by atoms with E-state index in [9.17, 15) is 51.1 Å². The Morgan fingerprint density at radius 1 is 0.352 bits per heavy atom. The molecule has 8 rings (SSSR count). The Hall–Kier alpha value is -7.66. The number of fused-ring (bicyclic) bond motifs is 3. The lowest BCUT2D eigenvalue weighted by molar-refractivity contribution is 0.330. The molecule has 1 heterocycles. The molecule has 268 valence electrons. The molecule has 54 heavy (non-hydrogen) atoms. The SMILES string of the molecule is Cc1cccc(-c2ccccc2-c2ccc3c4ccccc4n(-c4cc(-c5c(O)c(O)c(O)c(O)c5O)cc(-c5c(O)c(O)c(O)c(O)c5O)c4)c3c2)c1. The monoisotopic (exact) mass is 721 g/mol. The summed E-state index contributed by atoms with van der Waals surface area (Å²) in [5.74, 6) is -10.9. The molecule has 0 atom stereocenters. The summed E-state index contributed by atoms with van der Waals surface area (Å²) in [6, 6.07) is 33.9. The Balaban J connectivity index is 1.47. The maximum atomic E-state index is 11.0. The third-order valence-corrected chi connectivity index (χ3v) is 9.74. The van der Waals surface area contributed by atoms with Gasteiger partial charge in [0.2, 0.25) is 34.5 Å². The van der Waals surface area contributed by atoms with Crippen molar-refractivity contribution in [3.63, 3.8) is 0 Å². The third-order valence-electron chi connectivity index (χ3n) is 9.74. The molecular formula is C43H31NO10. The van der Waals surface area contributed by atoms with Crippen molar-refractivity contribution in [1.29, 1.82) is 0 Å². The highest BCUT2D eigenvalue weighted by molar-refractivity contribution is 6.11. The van der Waals surface area contributed by atoms with Gasteiger partial charge in [-0.25, -0.2) is 0 Å². The van der Waals surface area contributed by atoms with Crippen LogP contribution in [0.15, 0.2) is 109 Å². The maximum absolute atomic E-state index is 11.0. The van der Waals surface area contributed by atoms with Gasteiger partial charge in [-0.1, -0.05) is 84.4 Å². The maximum Gasteiger partial charge on any atom is 0.208 e. The van der Waals surface area contributed by atoms with Crippen LogP contribution in [0, 0.1) is 6.92 Å². The molecule has 1 aromatic heterocycles. The summed E-state index contributed by atoms with van der Waals surface area (Å²) in [6.45, 7) is 2.03. The van der Waals surface area contributed by atoms with Gasteiger partial charge < -0.3 is 55.6 Å². The van der Waals surface area contributed by atoms with Gasteiger partial charge in [-0.2, -0.15) is 0 Å². The van der Waals surface area contributed by atoms with Crippen molar-refractivity contribution in [3.05, 3.63) is 115 Å². The van der Waals surface area contributed by atoms with Crippen LogP contribution in [0.5, 0.6) is 57.5 Å². The number of nitrogens with zero attached hydrogens (tertiary/aromatic N) is 1. The van der Waals surface area contributed by atoms with Crippen LogP contribution in [0.1, 0.15) is 5.56 Å². The predicted molar refractivity (Wildman–Crippen MR) is 204 cm³/mol. The van der Waals surface area contributed by atoms with Crippen molar-refractivity contribution in [1.82, 2.24) is 4.57 Å². The first kappa shape index (κ1) is 33.5. The molecule has 0 radical (unpaired) electrons. The normalized spacial score (nSPS) is 11.4. The second-order valence-corrected chi connectivity index (χ2v) is 13.0. The van der Waals surface area contributed by atoms with E-state index < -0.39 is 68.6 Å². The molecule has 0 aliphatic carbocycles. The van der Waals surface area contributed by atoms with Crippen LogP contribution in [0.2, 0.25) is 0 Å². The predicted octanol–water partition coefficient (Wildman–Crippen LogP) is 8.82. The molecule has 0 bridgehead atoms. The second-order valence-electron chi connectivity index (χ2n) is 13.0. The molecular weight excluding hydrogens is 690 g/mol. The van der Waals surface area contributed by atoms with Gasteiger partial charge in [0, 0.05) is 16.5 Å². The van der Waals surface area contributed by atoms with E-state index in [1.54, 1.807) is 0 Å². The first-order valence-corrected chi connectivity index (χ1v) is 16.6. The van der Waals surface area contributed by atoms with Crippen molar-refractivity contribution >= 4 is 21.8 Å². The fraction of sp³-hybridized carbons (Fsp3) is 0.0233. The lowest BCUT2D eigenvalue weighted by Crippen LogP contribution is -1.97. The average Bonchev–Trinajstić information content (AvgIpc) is 3.51. The molecule has 0 saturated heterocycles. The van der Waals surface area contributed by atoms with E-state index in [4.69, 9.17) is 0 Å². The Kier molecular flexibility index (Phi) is 7.59. The van der Waals surface area contributed by atoms with Gasteiger partial charge in [-0.05, 0) is 70.6 Å². The zero-order valence-electron chi connectivity index (χ0n) is 28.3. The van der Waals surface area contributed by atoms with Crippen molar-refractivity contribution < 1.29 is 51.1 Å². The summed E-state index contributed by atoms with van der Waals surface area (Å²) in [6.07, 6.45) is 0. The van der Waals surface area contributed by atoms with Crippen LogP contribution in [0.25, 0.3) is 72.0 Å². The molecule has 0 fully saturated rings. The van der Waals surface area contributed by atoms with Crippen LogP contribution in [-0.2, 0) is 0 Å². The Bertz CT molecular complexity index is 2710. The van der Waals surface area contributed by atoms with Crippen LogP contribution < -0.4 is 0 Å². The summed E-state index contributed by atoms with van der Waals surface area (Å²) < 4.78 is 1.85. The van der Waals surface area contributed by atoms with Gasteiger partial charge in [0.1, 0.15) is 0 Å². The molecule has 0 aliphatic rings. The highest BCUT2D eigenvalue weighted by atomic mass is 16.4. The smallest absolute Gasteiger partial charge is 0.208 e. The Labute approximate surface area is 306 Å². The summed E-state index contributed by atoms with van der Waals surface area (Å²) in [4.78, 5) is 0. The van der Waals surface area contributed by atoms with Gasteiger partial charge >= 0.3 is 0 Å². The van der Waals surface area contributed by atoms with Crippen LogP contribution in [0.4, 0.5) is 0 Å². The highest BCUT2D eigenvalue weighted by Crippen LogP contribution is 2.58. The van der Waals surface area contributed by atoms with Gasteiger partial charge in [-0.15, -0.1) is 0 Å². The molecule has 11 heteroatoms. The fourth-order valence-corrected chi connectivity index (χ4v) is 7.16. The standard InChI is InChI=1S/C43H31NO10/c1-20-7-6-8-21(15-20)26-9-2-3-10-27(26)22-13-14-29-28-11-4-5-12-30(28)44(31(29)19-22)25-17-23(32-34(45)38(49)42(53)39(50)35(32)46)16-24(18-25)33-36(47)40(51)43(54)41(52)37(33)48/h2-19,45-54H,1H3. The number of rotatable bonds is 5. The first-order chi connectivity index (χ1) is 25.9. The van der Waals surface area contributed by atoms with Gasteiger partial charge in [0.25, 0.3) is 0 Å². The molecule has 0 aliphatic heterocycles. The largest absolute Gasteiger partial charge is 0.504 e. The molecule has 10 N–H and O–H groups in total. The average molecular weight is 722 g/mol. The van der Waals surface area contributed by atoms with Crippen molar-refractivity contribution in [3.8, 4) is 108 Å². The zero-order chi connectivity index (χ0) is 38.2. The van der Waals surface area contributed by atoms with E-state index in [0.717, 1.165) is 38.6 Å². The van der Waals surface area contributed by atoms with E-state index in [-0.39, 0.29) is 16.8 Å². The zero-order valence-corrected chi connectivity index (χ0v) is 28.3. The highest BCUT2D eigenvalue weighted by Gasteiger charge is 2.29. The number of phenolic OH excluding ortho intramolecular Hbond substituents is 10. The van der Waals surface area contributed by atoms with Gasteiger partial charge in [0.05, 0.1) is 22.2 Å². The third kappa shape index (κ3) is 4.98. The molecule has 0 unspecified atom stereocenters. The lowest BCUT2D eigenvalue weighted by Gasteiger charge is -2.18. The van der Waals surface area contributed by atoms with E-state index in [1.165, 1.54) is 18.2 Å². The second kappa shape index (κ2) is 12.2. The molecule has 7 aromatic carbocycles. The van der Waals surface area contributed by atoms with Crippen LogP contribution in [-0.4, -0.2) is 55.6 Å². The summed E-state index contributed by atoms with van der Waals surface area (Å²) in [7, 11) is 0. The Morgan fingerprint density at radius 2 is 0.815 bits per heavy atom. The molecule has 8 aromatic rings. The first-order valence-electron chi connectivity index (χ1n) is 16.6. The number of aromatic nitrogens is 1. The summed E-state index contributed by atoms with van der Waals surface area (Å²) >= 11 is 0. The minimum absolute atomic E-state index is 0.110. The van der Waals surface area contributed by atoms with Crippen molar-refractivity contribution in [2.75, 3.05) is 0 Å². The minimum atomic E-state index is -1.17. The molecule has 0 amide bonds. The summed E-state index contributed by atoms with van der Waals surface area (Å²) in [5.41, 5.74) is 5.32. The van der Waals surface area contributed by atoms with Crippen LogP contribution in [0.3, 0.4) is 0 Å². The molecule has 0 spiro atoms. The fourth-order valence-electron chi connectivity index (χ4n) is 7.16. The number of aryl methyl sites for hydroxylation is 1. The van der Waals surface area contributed by atoms with Crippen LogP contribution >= 0.6 is 0 Å². The van der Waals surface area contributed by atoms with E-state index in [2.05, 4.69) is 6.07 Å². The number of phenols is 10. The summed E-state index contributed by atoms with van der Waals surface area (Å²) in [5, 5.41) is 108. The number of para-hydroxylation sites is 1. The number of hydrogen-bond acceptors (Lipinski definition) is 10. The van der Waals surface area contributed by atoms with Gasteiger partial charge in [0.15, 0.2) is 23.0 Å². The van der Waals surface area contributed by atoms with E-state index in [0.29, 0.717) is 11.0 Å². The molecule has 0 saturated carbocycles. The van der Waals surface area contributed by atoms with Crippen molar-refractivity contribution in [2.24, 2.45) is 0 Å². The van der Waals surface area contributed by atoms with E-state index >= 15 is 0 Å². The Morgan fingerprint density at radius 3 is 1.35 bits per heavy atom. The topological polar surface area (TPSA) is 207 Å². The van der Waals surface area contributed by atoms with E-state index in [1.807, 2.05) is 96.4 Å². The van der Waals surface area contributed by atoms with Crippen molar-refractivity contribution in [2.45, 2.75) is 6.92 Å². The van der Waals surface area contributed by atoms with Gasteiger partial charge in [-0.3, -0.25) is 0 Å². The number of hydrogen-bond donors (Lipinski definition) is 10. The quantitative estimate of drug-likeness (QED) is 0.0603. The lowest BCUT2D eigenvalue weighted by atomic mass is 9.93. The number of aromatic hydroxyl groups is 10. The molecule has 11 nitrogen and oxygen atoms in total. The number of benzene rings is 7.